The van der Waals surface area contributed by atoms with Gasteiger partial charge in [-0.3, -0.25) is 15.5 Å². The van der Waals surface area contributed by atoms with Gasteiger partial charge >= 0.3 is 0 Å². The molecule has 0 saturated heterocycles. The molecule has 27 heavy (non-hydrogen) atoms. The number of nitrogens with zero attached hydrogens (tertiary/aromatic N) is 2. The molecular weight excluding hydrogens is 410 g/mol. The number of benzene rings is 3. The molecule has 0 aromatic heterocycles. The number of halogens is 1. The van der Waals surface area contributed by atoms with Crippen molar-refractivity contribution in [3.05, 3.63) is 98.5 Å². The van der Waals surface area contributed by atoms with Gasteiger partial charge in [0.2, 0.25) is 0 Å². The van der Waals surface area contributed by atoms with Gasteiger partial charge in [-0.15, -0.1) is 0 Å². The molecule has 0 heterocycles. The lowest BCUT2D eigenvalue weighted by molar-refractivity contribution is -0.384. The zero-order valence-corrected chi connectivity index (χ0v) is 15.8. The average molecular weight is 426 g/mol. The molecule has 3 rings (SSSR count). The molecule has 3 aromatic carbocycles. The number of non-ortho nitro benzene ring substituents is 1. The Morgan fingerprint density at radius 1 is 1.00 bits per heavy atom. The highest BCUT2D eigenvalue weighted by Gasteiger charge is 2.03. The standard InChI is InChI=1S/C20H16BrN3O3/c21-17-5-1-16(2-6-17)14-27-20-11-3-15(4-12-20)13-22-23-18-7-9-19(10-8-18)24(25)26/h1-13,23H,14H2. The minimum Gasteiger partial charge on any atom is -0.489 e. The summed E-state index contributed by atoms with van der Waals surface area (Å²) >= 11 is 3.41. The van der Waals surface area contributed by atoms with E-state index in [4.69, 9.17) is 4.74 Å². The van der Waals surface area contributed by atoms with E-state index in [0.29, 0.717) is 12.3 Å². The first-order valence-electron chi connectivity index (χ1n) is 8.11. The molecule has 0 spiro atoms. The molecule has 0 radical (unpaired) electrons. The monoisotopic (exact) mass is 425 g/mol. The van der Waals surface area contributed by atoms with E-state index >= 15 is 0 Å². The molecular formula is C20H16BrN3O3. The second-order valence-electron chi connectivity index (χ2n) is 5.66. The van der Waals surface area contributed by atoms with Crippen LogP contribution < -0.4 is 10.2 Å². The van der Waals surface area contributed by atoms with Crippen LogP contribution in [0.25, 0.3) is 0 Å². The lowest BCUT2D eigenvalue weighted by Gasteiger charge is -2.06. The number of anilines is 1. The van der Waals surface area contributed by atoms with Crippen molar-refractivity contribution < 1.29 is 9.66 Å². The Bertz CT molecular complexity index is 924. The van der Waals surface area contributed by atoms with Gasteiger partial charge in [0.15, 0.2) is 0 Å². The summed E-state index contributed by atoms with van der Waals surface area (Å²) in [5.74, 6) is 0.776. The summed E-state index contributed by atoms with van der Waals surface area (Å²) in [5, 5.41) is 14.8. The number of nitrogens with one attached hydrogen (secondary N) is 1. The normalized spacial score (nSPS) is 10.7. The smallest absolute Gasteiger partial charge is 0.269 e. The molecule has 3 aromatic rings. The van der Waals surface area contributed by atoms with Gasteiger partial charge in [0.1, 0.15) is 12.4 Å². The van der Waals surface area contributed by atoms with Crippen LogP contribution in [0, 0.1) is 10.1 Å². The van der Waals surface area contributed by atoms with E-state index < -0.39 is 4.92 Å². The SMILES string of the molecule is O=[N+]([O-])c1ccc(NN=Cc2ccc(OCc3ccc(Br)cc3)cc2)cc1. The van der Waals surface area contributed by atoms with Crippen molar-refractivity contribution in [1.29, 1.82) is 0 Å². The molecule has 0 bridgehead atoms. The molecule has 7 heteroatoms. The fraction of sp³-hybridized carbons (Fsp3) is 0.0500. The highest BCUT2D eigenvalue weighted by Crippen LogP contribution is 2.17. The molecule has 0 amide bonds. The van der Waals surface area contributed by atoms with Gasteiger partial charge in [0, 0.05) is 16.6 Å². The molecule has 0 atom stereocenters. The Hall–Kier alpha value is -3.19. The molecule has 6 nitrogen and oxygen atoms in total. The molecule has 0 unspecified atom stereocenters. The van der Waals surface area contributed by atoms with Crippen LogP contribution in [0.2, 0.25) is 0 Å². The maximum absolute atomic E-state index is 10.6. The van der Waals surface area contributed by atoms with Crippen molar-refractivity contribution in [3.8, 4) is 5.75 Å². The number of nitro groups is 1. The van der Waals surface area contributed by atoms with Gasteiger partial charge in [-0.05, 0) is 59.7 Å². The third kappa shape index (κ3) is 5.65. The van der Waals surface area contributed by atoms with Gasteiger partial charge in [0.05, 0.1) is 16.8 Å². The van der Waals surface area contributed by atoms with Crippen molar-refractivity contribution in [2.24, 2.45) is 5.10 Å². The van der Waals surface area contributed by atoms with Crippen molar-refractivity contribution in [2.45, 2.75) is 6.61 Å². The van der Waals surface area contributed by atoms with Gasteiger partial charge < -0.3 is 4.74 Å². The summed E-state index contributed by atoms with van der Waals surface area (Å²) in [7, 11) is 0. The Kier molecular flexibility index (Phi) is 6.17. The lowest BCUT2D eigenvalue weighted by atomic mass is 10.2. The fourth-order valence-corrected chi connectivity index (χ4v) is 2.50. The van der Waals surface area contributed by atoms with Crippen LogP contribution in [0.5, 0.6) is 5.75 Å². The van der Waals surface area contributed by atoms with Crippen molar-refractivity contribution in [2.75, 3.05) is 5.43 Å². The average Bonchev–Trinajstić information content (AvgIpc) is 2.69. The second kappa shape index (κ2) is 8.95. The topological polar surface area (TPSA) is 76.8 Å². The quantitative estimate of drug-likeness (QED) is 0.313. The zero-order chi connectivity index (χ0) is 19.1. The van der Waals surface area contributed by atoms with Crippen molar-refractivity contribution >= 4 is 33.5 Å². The maximum atomic E-state index is 10.6. The van der Waals surface area contributed by atoms with Crippen LogP contribution in [-0.2, 0) is 6.61 Å². The van der Waals surface area contributed by atoms with Crippen molar-refractivity contribution in [3.63, 3.8) is 0 Å². The van der Waals surface area contributed by atoms with Crippen molar-refractivity contribution in [1.82, 2.24) is 0 Å². The molecule has 136 valence electrons. The largest absolute Gasteiger partial charge is 0.489 e. The highest BCUT2D eigenvalue weighted by atomic mass is 79.9. The summed E-state index contributed by atoms with van der Waals surface area (Å²) in [6, 6.07) is 21.6. The summed E-state index contributed by atoms with van der Waals surface area (Å²) < 4.78 is 6.80. The van der Waals surface area contributed by atoms with Gasteiger partial charge in [0.25, 0.3) is 5.69 Å². The maximum Gasteiger partial charge on any atom is 0.269 e. The predicted octanol–water partition coefficient (Wildman–Crippen LogP) is 5.38. The van der Waals surface area contributed by atoms with Crippen LogP contribution in [0.15, 0.2) is 82.4 Å². The van der Waals surface area contributed by atoms with E-state index in [1.807, 2.05) is 48.5 Å². The number of rotatable bonds is 7. The van der Waals surface area contributed by atoms with Crippen LogP contribution in [0.4, 0.5) is 11.4 Å². The Labute approximate surface area is 164 Å². The van der Waals surface area contributed by atoms with E-state index in [1.165, 1.54) is 12.1 Å². The second-order valence-corrected chi connectivity index (χ2v) is 6.57. The summed E-state index contributed by atoms with van der Waals surface area (Å²) in [6.45, 7) is 0.502. The first kappa shape index (κ1) is 18.6. The third-order valence-corrected chi connectivity index (χ3v) is 4.21. The van der Waals surface area contributed by atoms with E-state index in [9.17, 15) is 10.1 Å². The first-order chi connectivity index (χ1) is 13.1. The predicted molar refractivity (Wildman–Crippen MR) is 109 cm³/mol. The molecule has 1 N–H and O–H groups in total. The third-order valence-electron chi connectivity index (χ3n) is 3.68. The van der Waals surface area contributed by atoms with E-state index in [0.717, 1.165) is 21.3 Å². The van der Waals surface area contributed by atoms with Gasteiger partial charge in [-0.25, -0.2) is 0 Å². The molecule has 0 fully saturated rings. The summed E-state index contributed by atoms with van der Waals surface area (Å²) in [5.41, 5.74) is 5.55. The van der Waals surface area contributed by atoms with Gasteiger partial charge in [-0.1, -0.05) is 28.1 Å². The fourth-order valence-electron chi connectivity index (χ4n) is 2.24. The number of hydrogen-bond donors (Lipinski definition) is 1. The van der Waals surface area contributed by atoms with Crippen LogP contribution in [-0.4, -0.2) is 11.1 Å². The minimum absolute atomic E-state index is 0.0447. The van der Waals surface area contributed by atoms with E-state index in [-0.39, 0.29) is 5.69 Å². The van der Waals surface area contributed by atoms with Crippen LogP contribution in [0.1, 0.15) is 11.1 Å². The summed E-state index contributed by atoms with van der Waals surface area (Å²) in [4.78, 5) is 10.2. The van der Waals surface area contributed by atoms with Gasteiger partial charge in [-0.2, -0.15) is 5.10 Å². The number of nitro benzene ring substituents is 1. The molecule has 0 aliphatic carbocycles. The number of ether oxygens (including phenoxy) is 1. The van der Waals surface area contributed by atoms with Crippen LogP contribution in [0.3, 0.4) is 0 Å². The Balaban J connectivity index is 1.51. The number of hydrogen-bond acceptors (Lipinski definition) is 5. The van der Waals surface area contributed by atoms with Crippen LogP contribution >= 0.6 is 15.9 Å². The first-order valence-corrected chi connectivity index (χ1v) is 8.90. The lowest BCUT2D eigenvalue weighted by Crippen LogP contribution is -1.95. The molecule has 0 aliphatic rings. The molecule has 0 saturated carbocycles. The molecule has 0 aliphatic heterocycles. The minimum atomic E-state index is -0.437. The Morgan fingerprint density at radius 2 is 1.67 bits per heavy atom. The Morgan fingerprint density at radius 3 is 2.30 bits per heavy atom. The zero-order valence-electron chi connectivity index (χ0n) is 14.2. The summed E-state index contributed by atoms with van der Waals surface area (Å²) in [6.07, 6.45) is 1.67. The van der Waals surface area contributed by atoms with E-state index in [2.05, 4.69) is 26.5 Å². The number of hydrazone groups is 1. The highest BCUT2D eigenvalue weighted by molar-refractivity contribution is 9.10. The van der Waals surface area contributed by atoms with E-state index in [1.54, 1.807) is 18.3 Å².